The van der Waals surface area contributed by atoms with Crippen LogP contribution in [0.15, 0.2) is 109 Å². The first kappa shape index (κ1) is 41.7. The van der Waals surface area contributed by atoms with Crippen molar-refractivity contribution in [1.29, 1.82) is 0 Å². The van der Waals surface area contributed by atoms with Crippen molar-refractivity contribution in [1.82, 2.24) is 0 Å². The third kappa shape index (κ3) is 8.25. The maximum absolute atomic E-state index is 8.16. The van der Waals surface area contributed by atoms with Crippen LogP contribution in [0.3, 0.4) is 0 Å². The Morgan fingerprint density at radius 1 is 0.424 bits per heavy atom. The predicted octanol–water partition coefficient (Wildman–Crippen LogP) is 16.9. The maximum atomic E-state index is 8.16. The fourth-order valence-electron chi connectivity index (χ4n) is 10.9. The van der Waals surface area contributed by atoms with Crippen LogP contribution in [0.1, 0.15) is 149 Å². The molecule has 0 radical (unpaired) electrons. The molecule has 0 aliphatic heterocycles. The van der Waals surface area contributed by atoms with E-state index in [4.69, 9.17) is 11.6 Å². The van der Waals surface area contributed by atoms with Crippen molar-refractivity contribution in [3.8, 4) is 0 Å². The van der Waals surface area contributed by atoms with E-state index in [1.54, 1.807) is 0 Å². The van der Waals surface area contributed by atoms with Crippen LogP contribution in [0.4, 0.5) is 34.1 Å². The van der Waals surface area contributed by atoms with Gasteiger partial charge in [-0.25, -0.2) is 0 Å². The summed E-state index contributed by atoms with van der Waals surface area (Å²) >= 11 is 8.16. The van der Waals surface area contributed by atoms with Crippen molar-refractivity contribution < 1.29 is 0 Å². The van der Waals surface area contributed by atoms with Crippen molar-refractivity contribution in [2.75, 3.05) is 9.80 Å². The second-order valence-corrected chi connectivity index (χ2v) is 23.3. The number of hydrogen-bond acceptors (Lipinski definition) is 2. The normalized spacial score (nSPS) is 21.8. The topological polar surface area (TPSA) is 6.48 Å². The minimum Gasteiger partial charge on any atom is -0.309 e. The Hall–Kier alpha value is -4.01. The molecule has 4 saturated carbocycles. The maximum Gasteiger partial charge on any atom is 0.0887 e. The lowest BCUT2D eigenvalue weighted by molar-refractivity contribution is -0.00515. The molecule has 0 heterocycles. The number of hydrogen-bond donors (Lipinski definition) is 0. The zero-order valence-corrected chi connectivity index (χ0v) is 38.9. The van der Waals surface area contributed by atoms with E-state index < -0.39 is 0 Å². The Bertz CT molecular complexity index is 2160. The van der Waals surface area contributed by atoms with Gasteiger partial charge in [-0.15, -0.1) is 0 Å². The highest BCUT2D eigenvalue weighted by Crippen LogP contribution is 2.62. The first-order valence-corrected chi connectivity index (χ1v) is 22.8. The highest BCUT2D eigenvalue weighted by molar-refractivity contribution is 6.36. The SMILES string of the molecule is CC(C)(C)c1ccc(N(c2ccc(C(C)(C)C)cc2)c2cc(C34CC5CC(CC(C5)C3)C4)cc(N(c3ccccc3)c3cc(C(C)(C)C)cc(C(C)(C)C)c3)c2Cl)cc1. The summed E-state index contributed by atoms with van der Waals surface area (Å²) in [4.78, 5) is 4.92. The van der Waals surface area contributed by atoms with Gasteiger partial charge in [0.05, 0.1) is 16.4 Å². The van der Waals surface area contributed by atoms with Crippen molar-refractivity contribution in [3.05, 3.63) is 142 Å². The zero-order valence-electron chi connectivity index (χ0n) is 38.1. The Labute approximate surface area is 362 Å². The second kappa shape index (κ2) is 14.9. The van der Waals surface area contributed by atoms with Gasteiger partial charge in [0.1, 0.15) is 0 Å². The third-order valence-corrected chi connectivity index (χ3v) is 14.5. The number of benzene rings is 5. The molecule has 59 heavy (non-hydrogen) atoms. The standard InChI is InChI=1S/C56H69ClN2/c1-52(2,3)40-18-22-46(23-19-40)58(47-24-20-41(21-25-47)53(4,5)6)49-32-44(56-34-37-26-38(35-56)28-39(27-37)36-56)33-50(51(49)57)59(45-16-14-13-15-17-45)48-30-42(54(7,8)9)29-43(31-48)55(10,11)12/h13-25,29-33,37-39H,26-28,34-36H2,1-12H3. The first-order valence-electron chi connectivity index (χ1n) is 22.5. The molecule has 5 aromatic rings. The average Bonchev–Trinajstić information content (AvgIpc) is 3.15. The van der Waals surface area contributed by atoms with E-state index in [1.807, 2.05) is 0 Å². The number of halogens is 1. The summed E-state index contributed by atoms with van der Waals surface area (Å²) in [6.45, 7) is 27.7. The molecule has 4 bridgehead atoms. The van der Waals surface area contributed by atoms with Gasteiger partial charge in [0.2, 0.25) is 0 Å². The Balaban J connectivity index is 1.43. The molecule has 5 aromatic carbocycles. The number of para-hydroxylation sites is 1. The molecule has 0 saturated heterocycles. The van der Waals surface area contributed by atoms with Crippen molar-refractivity contribution in [3.63, 3.8) is 0 Å². The van der Waals surface area contributed by atoms with Gasteiger partial charge in [0, 0.05) is 22.7 Å². The highest BCUT2D eigenvalue weighted by Gasteiger charge is 2.52. The lowest BCUT2D eigenvalue weighted by atomic mass is 9.48. The monoisotopic (exact) mass is 805 g/mol. The number of anilines is 6. The summed E-state index contributed by atoms with van der Waals surface area (Å²) < 4.78 is 0. The Kier molecular flexibility index (Phi) is 10.5. The molecule has 4 aliphatic carbocycles. The molecule has 0 spiro atoms. The van der Waals surface area contributed by atoms with Crippen molar-refractivity contribution >= 4 is 45.7 Å². The van der Waals surface area contributed by atoms with E-state index in [0.29, 0.717) is 0 Å². The van der Waals surface area contributed by atoms with Crippen LogP contribution in [0, 0.1) is 17.8 Å². The van der Waals surface area contributed by atoms with E-state index in [1.165, 1.54) is 66.3 Å². The zero-order chi connectivity index (χ0) is 42.3. The lowest BCUT2D eigenvalue weighted by Gasteiger charge is -2.57. The molecular weight excluding hydrogens is 736 g/mol. The molecule has 3 heteroatoms. The largest absolute Gasteiger partial charge is 0.309 e. The molecule has 4 fully saturated rings. The third-order valence-electron chi connectivity index (χ3n) is 14.1. The molecule has 0 N–H and O–H groups in total. The van der Waals surface area contributed by atoms with Crippen LogP contribution in [0.2, 0.25) is 5.02 Å². The summed E-state index contributed by atoms with van der Waals surface area (Å²) in [5.74, 6) is 2.45. The van der Waals surface area contributed by atoms with E-state index in [0.717, 1.165) is 56.9 Å². The molecule has 0 atom stereocenters. The van der Waals surface area contributed by atoms with Gasteiger partial charge < -0.3 is 9.80 Å². The van der Waals surface area contributed by atoms with Gasteiger partial charge >= 0.3 is 0 Å². The highest BCUT2D eigenvalue weighted by atomic mass is 35.5. The predicted molar refractivity (Wildman–Crippen MR) is 255 cm³/mol. The summed E-state index contributed by atoms with van der Waals surface area (Å²) in [6.07, 6.45) is 8.05. The number of rotatable bonds is 7. The van der Waals surface area contributed by atoms with Gasteiger partial charge in [-0.1, -0.05) is 143 Å². The van der Waals surface area contributed by atoms with Crippen LogP contribution in [-0.2, 0) is 27.1 Å². The summed E-state index contributed by atoms with van der Waals surface area (Å²) in [6, 6.07) is 41.7. The van der Waals surface area contributed by atoms with E-state index in [9.17, 15) is 0 Å². The summed E-state index contributed by atoms with van der Waals surface area (Å²) in [7, 11) is 0. The van der Waals surface area contributed by atoms with Gasteiger partial charge in [0.15, 0.2) is 0 Å². The van der Waals surface area contributed by atoms with Gasteiger partial charge in [0.25, 0.3) is 0 Å². The fraction of sp³-hybridized carbons (Fsp3) is 0.464. The van der Waals surface area contributed by atoms with Crippen molar-refractivity contribution in [2.24, 2.45) is 17.8 Å². The van der Waals surface area contributed by atoms with E-state index in [-0.39, 0.29) is 27.1 Å². The van der Waals surface area contributed by atoms with E-state index >= 15 is 0 Å². The second-order valence-electron chi connectivity index (χ2n) is 22.9. The van der Waals surface area contributed by atoms with Gasteiger partial charge in [-0.2, -0.15) is 0 Å². The molecule has 0 amide bonds. The van der Waals surface area contributed by atoms with Gasteiger partial charge in [-0.3, -0.25) is 0 Å². The van der Waals surface area contributed by atoms with Crippen LogP contribution in [-0.4, -0.2) is 0 Å². The Morgan fingerprint density at radius 2 is 0.780 bits per heavy atom. The fourth-order valence-corrected chi connectivity index (χ4v) is 11.2. The molecule has 2 nitrogen and oxygen atoms in total. The van der Waals surface area contributed by atoms with Crippen LogP contribution in [0.25, 0.3) is 0 Å². The molecule has 9 rings (SSSR count). The molecule has 310 valence electrons. The molecule has 4 aliphatic rings. The van der Waals surface area contributed by atoms with Crippen LogP contribution in [0.5, 0.6) is 0 Å². The number of nitrogens with zero attached hydrogens (tertiary/aromatic N) is 2. The molecular formula is C56H69ClN2. The van der Waals surface area contributed by atoms with Crippen LogP contribution >= 0.6 is 11.6 Å². The first-order chi connectivity index (χ1) is 27.6. The minimum atomic E-state index is -0.0381. The molecule has 0 unspecified atom stereocenters. The minimum absolute atomic E-state index is 0.0381. The quantitative estimate of drug-likeness (QED) is 0.162. The molecule has 0 aromatic heterocycles. The van der Waals surface area contributed by atoms with Gasteiger partial charge in [-0.05, 0) is 172 Å². The summed E-state index contributed by atoms with van der Waals surface area (Å²) in [5.41, 5.74) is 13.5. The summed E-state index contributed by atoms with van der Waals surface area (Å²) in [5, 5.41) is 0.764. The average molecular weight is 806 g/mol. The smallest absolute Gasteiger partial charge is 0.0887 e. The lowest BCUT2D eigenvalue weighted by Crippen LogP contribution is -2.48. The Morgan fingerprint density at radius 3 is 1.15 bits per heavy atom. The van der Waals surface area contributed by atoms with Crippen LogP contribution < -0.4 is 9.80 Å². The van der Waals surface area contributed by atoms with E-state index in [2.05, 4.69) is 202 Å². The van der Waals surface area contributed by atoms with Crippen molar-refractivity contribution in [2.45, 2.75) is 149 Å².